The van der Waals surface area contributed by atoms with E-state index in [1.165, 1.54) is 5.92 Å². The second-order valence-corrected chi connectivity index (χ2v) is 2.29. The van der Waals surface area contributed by atoms with Gasteiger partial charge in [-0.15, -0.1) is 0 Å². The number of nitrogens with zero attached hydrogens (tertiary/aromatic N) is 2. The molecule has 0 unspecified atom stereocenters. The van der Waals surface area contributed by atoms with Gasteiger partial charge < -0.3 is 20.4 Å². The van der Waals surface area contributed by atoms with E-state index >= 15 is 0 Å². The molecular formula is C10H15N2O2Ru+. The molecule has 0 radical (unpaired) electrons. The van der Waals surface area contributed by atoms with Gasteiger partial charge in [-0.2, -0.15) is 26.0 Å². The van der Waals surface area contributed by atoms with Crippen LogP contribution in [0.2, 0.25) is 0 Å². The molecule has 0 aromatic rings. The second kappa shape index (κ2) is 52.3. The SMILES string of the molecule is C[C-](C)C.[C-]#[N+]CCC#N.[CH-]=O.[CH-]=O.[Ru+4]. The number of hydrogen-bond donors (Lipinski definition) is 0. The summed E-state index contributed by atoms with van der Waals surface area (Å²) in [7, 11) is 0. The quantitative estimate of drug-likeness (QED) is 0.321. The molecule has 15 heavy (non-hydrogen) atoms. The van der Waals surface area contributed by atoms with Crippen molar-refractivity contribution in [2.75, 3.05) is 6.54 Å². The van der Waals surface area contributed by atoms with Crippen molar-refractivity contribution in [3.05, 3.63) is 17.3 Å². The van der Waals surface area contributed by atoms with E-state index in [0.29, 0.717) is 13.0 Å². The van der Waals surface area contributed by atoms with Crippen LogP contribution in [-0.4, -0.2) is 20.1 Å². The smallest absolute Gasteiger partial charge is 0.545 e. The van der Waals surface area contributed by atoms with Gasteiger partial charge in [0.1, 0.15) is 6.42 Å². The molecule has 0 saturated carbocycles. The molecule has 0 amide bonds. The first-order valence-electron chi connectivity index (χ1n) is 3.59. The summed E-state index contributed by atoms with van der Waals surface area (Å²) in [5, 5.41) is 7.80. The average molecular weight is 296 g/mol. The molecule has 0 saturated heterocycles. The van der Waals surface area contributed by atoms with Crippen molar-refractivity contribution in [3.8, 4) is 6.07 Å². The molecular weight excluding hydrogens is 281 g/mol. The number of hydrogen-bond acceptors (Lipinski definition) is 3. The normalized spacial score (nSPS) is 5.20. The van der Waals surface area contributed by atoms with Gasteiger partial charge in [-0.25, -0.2) is 6.57 Å². The van der Waals surface area contributed by atoms with E-state index in [0.717, 1.165) is 0 Å². The maximum atomic E-state index is 7.80. The predicted octanol–water partition coefficient (Wildman–Crippen LogP) is 1.89. The summed E-state index contributed by atoms with van der Waals surface area (Å²) in [5.41, 5.74) is 0. The van der Waals surface area contributed by atoms with Gasteiger partial charge >= 0.3 is 19.5 Å². The van der Waals surface area contributed by atoms with Gasteiger partial charge in [-0.3, -0.25) is 13.6 Å². The molecule has 0 aliphatic rings. The standard InChI is InChI=1S/C4H4N2.C4H9.2CHO.Ru/c1-6-4-2-3-5;1-4(2)3;2*1-2;/h2,4H2;1-3H3;2*1H;/q;3*-1;+4. The van der Waals surface area contributed by atoms with Gasteiger partial charge in [0.05, 0.1) is 6.07 Å². The Morgan fingerprint density at radius 1 is 1.27 bits per heavy atom. The Morgan fingerprint density at radius 2 is 1.53 bits per heavy atom. The zero-order valence-corrected chi connectivity index (χ0v) is 10.9. The third-order valence-corrected chi connectivity index (χ3v) is 0.335. The second-order valence-electron chi connectivity index (χ2n) is 2.29. The van der Waals surface area contributed by atoms with Crippen LogP contribution in [0.4, 0.5) is 0 Å². The summed E-state index contributed by atoms with van der Waals surface area (Å²) in [5.74, 6) is 1.42. The fraction of sp³-hybridized carbons (Fsp3) is 0.500. The molecule has 0 aliphatic heterocycles. The van der Waals surface area contributed by atoms with Gasteiger partial charge in [-0.1, -0.05) is 0 Å². The molecule has 4 nitrogen and oxygen atoms in total. The minimum absolute atomic E-state index is 0. The largest absolute Gasteiger partial charge is 4.00 e. The molecule has 0 heterocycles. The molecule has 0 rings (SSSR count). The molecule has 0 aromatic heterocycles. The van der Waals surface area contributed by atoms with Crippen LogP contribution in [0.25, 0.3) is 4.85 Å². The van der Waals surface area contributed by atoms with Crippen LogP contribution in [0.5, 0.6) is 0 Å². The molecule has 0 atom stereocenters. The van der Waals surface area contributed by atoms with Gasteiger partial charge in [0.15, 0.2) is 0 Å². The summed E-state index contributed by atoms with van der Waals surface area (Å²) in [4.78, 5) is 18.5. The molecule has 0 bridgehead atoms. The molecule has 0 aliphatic carbocycles. The minimum atomic E-state index is 0. The summed E-state index contributed by atoms with van der Waals surface area (Å²) in [6.07, 6.45) is 0.365. The van der Waals surface area contributed by atoms with Crippen LogP contribution in [0, 0.1) is 23.8 Å². The van der Waals surface area contributed by atoms with Crippen molar-refractivity contribution in [1.29, 1.82) is 5.26 Å². The van der Waals surface area contributed by atoms with Crippen LogP contribution in [0.1, 0.15) is 27.2 Å². The van der Waals surface area contributed by atoms with Crippen molar-refractivity contribution < 1.29 is 29.1 Å². The number of nitriles is 1. The van der Waals surface area contributed by atoms with Gasteiger partial charge in [0, 0.05) is 0 Å². The van der Waals surface area contributed by atoms with Gasteiger partial charge in [-0.05, 0) is 0 Å². The van der Waals surface area contributed by atoms with Crippen LogP contribution >= 0.6 is 0 Å². The summed E-state index contributed by atoms with van der Waals surface area (Å²) in [6, 6.07) is 1.85. The van der Waals surface area contributed by atoms with Crippen molar-refractivity contribution in [2.24, 2.45) is 0 Å². The van der Waals surface area contributed by atoms with E-state index in [1.807, 2.05) is 6.07 Å². The zero-order valence-electron chi connectivity index (χ0n) is 9.13. The monoisotopic (exact) mass is 297 g/mol. The third kappa shape index (κ3) is 410. The fourth-order valence-electron chi connectivity index (χ4n) is 0.106. The molecule has 0 aromatic carbocycles. The summed E-state index contributed by atoms with van der Waals surface area (Å²) in [6.45, 7) is 19.3. The van der Waals surface area contributed by atoms with Crippen LogP contribution in [0.15, 0.2) is 0 Å². The Hall–Kier alpha value is -1.06. The molecule has 0 N–H and O–H groups in total. The van der Waals surface area contributed by atoms with Crippen molar-refractivity contribution >= 4 is 13.6 Å². The van der Waals surface area contributed by atoms with E-state index in [1.54, 1.807) is 0 Å². The van der Waals surface area contributed by atoms with E-state index in [4.69, 9.17) is 21.4 Å². The Morgan fingerprint density at radius 3 is 1.60 bits per heavy atom. The van der Waals surface area contributed by atoms with Crippen molar-refractivity contribution in [1.82, 2.24) is 0 Å². The van der Waals surface area contributed by atoms with E-state index < -0.39 is 0 Å². The zero-order chi connectivity index (χ0) is 12.4. The van der Waals surface area contributed by atoms with Crippen LogP contribution in [0.3, 0.4) is 0 Å². The predicted molar refractivity (Wildman–Crippen MR) is 55.5 cm³/mol. The summed E-state index contributed by atoms with van der Waals surface area (Å²) < 4.78 is 0. The van der Waals surface area contributed by atoms with Crippen molar-refractivity contribution in [3.63, 3.8) is 0 Å². The van der Waals surface area contributed by atoms with Crippen molar-refractivity contribution in [2.45, 2.75) is 27.2 Å². The van der Waals surface area contributed by atoms with E-state index in [2.05, 4.69) is 39.2 Å². The Balaban J connectivity index is -0.0000000327. The number of rotatable bonds is 1. The van der Waals surface area contributed by atoms with Gasteiger partial charge in [0.25, 0.3) is 0 Å². The topological polar surface area (TPSA) is 62.3 Å². The van der Waals surface area contributed by atoms with E-state index in [-0.39, 0.29) is 19.5 Å². The minimum Gasteiger partial charge on any atom is -0.545 e. The fourth-order valence-corrected chi connectivity index (χ4v) is 0.106. The van der Waals surface area contributed by atoms with Crippen LogP contribution in [-0.2, 0) is 29.1 Å². The number of carbonyl (C=O) groups excluding carboxylic acids is 2. The first-order chi connectivity index (χ1) is 6.65. The van der Waals surface area contributed by atoms with Crippen LogP contribution < -0.4 is 0 Å². The summed E-state index contributed by atoms with van der Waals surface area (Å²) >= 11 is 0. The molecule has 84 valence electrons. The van der Waals surface area contributed by atoms with Gasteiger partial charge in [0.2, 0.25) is 6.54 Å². The Kier molecular flexibility index (Phi) is 102. The Labute approximate surface area is 105 Å². The maximum absolute atomic E-state index is 7.80. The third-order valence-electron chi connectivity index (χ3n) is 0.335. The molecule has 0 fully saturated rings. The Bertz CT molecular complexity index is 143. The maximum Gasteiger partial charge on any atom is 4.00 e. The van der Waals surface area contributed by atoms with E-state index in [9.17, 15) is 0 Å². The average Bonchev–Trinajstić information content (AvgIpc) is 2.20. The first-order valence-corrected chi connectivity index (χ1v) is 3.59. The molecule has 5 heteroatoms. The molecule has 0 spiro atoms. The first kappa shape index (κ1) is 29.2.